The van der Waals surface area contributed by atoms with Crippen LogP contribution in [0, 0.1) is 0 Å². The lowest BCUT2D eigenvalue weighted by molar-refractivity contribution is -0.173. The molecule has 1 heterocycles. The number of benzene rings is 2. The quantitative estimate of drug-likeness (QED) is 0.604. The van der Waals surface area contributed by atoms with Crippen molar-refractivity contribution in [2.24, 2.45) is 0 Å². The molecule has 29 heavy (non-hydrogen) atoms. The van der Waals surface area contributed by atoms with Crippen LogP contribution in [0.4, 0.5) is 5.69 Å². The highest BCUT2D eigenvalue weighted by atomic mass is 16.7. The van der Waals surface area contributed by atoms with Gasteiger partial charge in [-0.25, -0.2) is 14.7 Å². The van der Waals surface area contributed by atoms with Crippen molar-refractivity contribution < 1.29 is 33.7 Å². The van der Waals surface area contributed by atoms with Crippen molar-refractivity contribution in [2.75, 3.05) is 25.8 Å². The molecule has 0 aromatic heterocycles. The topological polar surface area (TPSA) is 94.5 Å². The third-order valence-corrected chi connectivity index (χ3v) is 4.73. The Morgan fingerprint density at radius 1 is 1.07 bits per heavy atom. The standard InChI is InChI=1S/C21H23NO7/c1-21(28-20(25)19(23)24)10-9-14-11-17(26-2)18(27-3)12-16(14)22(13-21)29-15-7-5-4-6-8-15/h4-8,11-12H,9-10,13H2,1-3H3,(H,23,24). The van der Waals surface area contributed by atoms with Crippen LogP contribution in [-0.4, -0.2) is 43.4 Å². The molecule has 0 radical (unpaired) electrons. The molecule has 0 amide bonds. The summed E-state index contributed by atoms with van der Waals surface area (Å²) in [5, 5.41) is 10.5. The van der Waals surface area contributed by atoms with E-state index in [0.717, 1.165) is 11.3 Å². The number of anilines is 1. The fourth-order valence-corrected chi connectivity index (χ4v) is 3.25. The van der Waals surface area contributed by atoms with Gasteiger partial charge in [0.1, 0.15) is 5.60 Å². The third-order valence-electron chi connectivity index (χ3n) is 4.73. The number of ether oxygens (including phenoxy) is 3. The largest absolute Gasteiger partial charge is 0.493 e. The highest BCUT2D eigenvalue weighted by molar-refractivity contribution is 6.28. The van der Waals surface area contributed by atoms with E-state index in [0.29, 0.717) is 30.1 Å². The minimum atomic E-state index is -1.63. The number of hydroxylamine groups is 1. The van der Waals surface area contributed by atoms with E-state index in [-0.39, 0.29) is 6.54 Å². The highest BCUT2D eigenvalue weighted by Gasteiger charge is 2.38. The number of hydrogen-bond donors (Lipinski definition) is 1. The number of aliphatic carboxylic acids is 1. The Labute approximate surface area is 168 Å². The number of carbonyl (C=O) groups is 2. The summed E-state index contributed by atoms with van der Waals surface area (Å²) in [6, 6.07) is 12.8. The van der Waals surface area contributed by atoms with Gasteiger partial charge in [0.25, 0.3) is 0 Å². The summed E-state index contributed by atoms with van der Waals surface area (Å²) in [5.74, 6) is -1.25. The summed E-state index contributed by atoms with van der Waals surface area (Å²) in [4.78, 5) is 28.8. The molecule has 2 aromatic rings. The normalized spacial score (nSPS) is 18.2. The second-order valence-electron chi connectivity index (χ2n) is 6.92. The average Bonchev–Trinajstić information content (AvgIpc) is 2.84. The van der Waals surface area contributed by atoms with Crippen molar-refractivity contribution in [3.05, 3.63) is 48.0 Å². The summed E-state index contributed by atoms with van der Waals surface area (Å²) in [6.45, 7) is 1.82. The van der Waals surface area contributed by atoms with Gasteiger partial charge in [-0.3, -0.25) is 0 Å². The van der Waals surface area contributed by atoms with Crippen molar-refractivity contribution in [2.45, 2.75) is 25.4 Å². The second kappa shape index (κ2) is 8.30. The Bertz CT molecular complexity index is 899. The van der Waals surface area contributed by atoms with E-state index in [1.165, 1.54) is 0 Å². The number of fused-ring (bicyclic) bond motifs is 1. The molecular weight excluding hydrogens is 378 g/mol. The van der Waals surface area contributed by atoms with Gasteiger partial charge in [-0.15, -0.1) is 0 Å². The fraction of sp³-hybridized carbons (Fsp3) is 0.333. The van der Waals surface area contributed by atoms with Gasteiger partial charge in [0.05, 0.1) is 26.5 Å². The number of aryl methyl sites for hydroxylation is 1. The minimum Gasteiger partial charge on any atom is -0.493 e. The summed E-state index contributed by atoms with van der Waals surface area (Å²) in [6.07, 6.45) is 0.927. The molecule has 2 aromatic carbocycles. The first-order valence-corrected chi connectivity index (χ1v) is 9.07. The number of carbonyl (C=O) groups excluding carboxylic acids is 1. The number of para-hydroxylation sites is 1. The maximum Gasteiger partial charge on any atom is 0.417 e. The lowest BCUT2D eigenvalue weighted by Gasteiger charge is -2.33. The van der Waals surface area contributed by atoms with Crippen molar-refractivity contribution in [1.82, 2.24) is 0 Å². The van der Waals surface area contributed by atoms with E-state index in [9.17, 15) is 9.59 Å². The van der Waals surface area contributed by atoms with E-state index in [1.54, 1.807) is 44.4 Å². The van der Waals surface area contributed by atoms with Crippen LogP contribution in [0.2, 0.25) is 0 Å². The van der Waals surface area contributed by atoms with Crippen LogP contribution in [0.15, 0.2) is 42.5 Å². The van der Waals surface area contributed by atoms with Gasteiger partial charge in [0, 0.05) is 6.07 Å². The van der Waals surface area contributed by atoms with Crippen LogP contribution in [-0.2, 0) is 20.7 Å². The molecule has 0 spiro atoms. The monoisotopic (exact) mass is 401 g/mol. The molecule has 0 bridgehead atoms. The summed E-state index contributed by atoms with van der Waals surface area (Å²) in [5.41, 5.74) is 0.541. The van der Waals surface area contributed by atoms with Crippen molar-refractivity contribution in [3.8, 4) is 17.2 Å². The van der Waals surface area contributed by atoms with Crippen LogP contribution in [0.3, 0.4) is 0 Å². The summed E-state index contributed by atoms with van der Waals surface area (Å²) in [7, 11) is 3.10. The van der Waals surface area contributed by atoms with E-state index < -0.39 is 17.5 Å². The number of rotatable bonds is 5. The fourth-order valence-electron chi connectivity index (χ4n) is 3.25. The van der Waals surface area contributed by atoms with Gasteiger partial charge in [-0.05, 0) is 43.5 Å². The summed E-state index contributed by atoms with van der Waals surface area (Å²) < 4.78 is 16.1. The Hall–Kier alpha value is -3.42. The molecule has 8 heteroatoms. The number of methoxy groups -OCH3 is 2. The zero-order valence-corrected chi connectivity index (χ0v) is 16.5. The number of carboxylic acid groups (broad SMARTS) is 1. The Morgan fingerprint density at radius 3 is 2.34 bits per heavy atom. The first-order chi connectivity index (χ1) is 13.8. The maximum atomic E-state index is 11.7. The van der Waals surface area contributed by atoms with E-state index in [1.807, 2.05) is 24.3 Å². The SMILES string of the molecule is COc1cc2c(cc1OC)N(Oc1ccccc1)CC(C)(OC(=O)C(=O)O)CC2. The molecule has 154 valence electrons. The van der Waals surface area contributed by atoms with Crippen LogP contribution < -0.4 is 19.4 Å². The molecule has 0 aliphatic carbocycles. The molecule has 1 aliphatic rings. The van der Waals surface area contributed by atoms with Gasteiger partial charge in [-0.1, -0.05) is 18.2 Å². The molecule has 1 aliphatic heterocycles. The van der Waals surface area contributed by atoms with E-state index in [4.69, 9.17) is 24.2 Å². The Morgan fingerprint density at radius 2 is 1.72 bits per heavy atom. The molecule has 8 nitrogen and oxygen atoms in total. The number of esters is 1. The van der Waals surface area contributed by atoms with Gasteiger partial charge in [-0.2, -0.15) is 0 Å². The highest BCUT2D eigenvalue weighted by Crippen LogP contribution is 2.40. The molecule has 1 unspecified atom stereocenters. The maximum absolute atomic E-state index is 11.7. The van der Waals surface area contributed by atoms with E-state index in [2.05, 4.69) is 0 Å². The van der Waals surface area contributed by atoms with Gasteiger partial charge in [0.2, 0.25) is 0 Å². The Kier molecular flexibility index (Phi) is 5.81. The first-order valence-electron chi connectivity index (χ1n) is 9.07. The summed E-state index contributed by atoms with van der Waals surface area (Å²) >= 11 is 0. The first kappa shape index (κ1) is 20.3. The van der Waals surface area contributed by atoms with Crippen LogP contribution in [0.1, 0.15) is 18.9 Å². The molecular formula is C21H23NO7. The predicted molar refractivity (Wildman–Crippen MR) is 104 cm³/mol. The second-order valence-corrected chi connectivity index (χ2v) is 6.92. The lowest BCUT2D eigenvalue weighted by Crippen LogP contribution is -2.46. The predicted octanol–water partition coefficient (Wildman–Crippen LogP) is 2.84. The Balaban J connectivity index is 2.02. The van der Waals surface area contributed by atoms with Gasteiger partial charge in [0.15, 0.2) is 17.2 Å². The molecule has 0 saturated carbocycles. The van der Waals surface area contributed by atoms with Crippen molar-refractivity contribution in [3.63, 3.8) is 0 Å². The van der Waals surface area contributed by atoms with Crippen molar-refractivity contribution in [1.29, 1.82) is 0 Å². The third kappa shape index (κ3) is 4.53. The van der Waals surface area contributed by atoms with Gasteiger partial charge >= 0.3 is 11.9 Å². The van der Waals surface area contributed by atoms with E-state index >= 15 is 0 Å². The number of hydrogen-bond acceptors (Lipinski definition) is 7. The van der Waals surface area contributed by atoms with Crippen LogP contribution >= 0.6 is 0 Å². The average molecular weight is 401 g/mol. The molecule has 3 rings (SSSR count). The minimum absolute atomic E-state index is 0.128. The molecule has 1 N–H and O–H groups in total. The molecule has 0 fully saturated rings. The zero-order chi connectivity index (χ0) is 21.0. The number of nitrogens with zero attached hydrogens (tertiary/aromatic N) is 1. The molecule has 1 atom stereocenters. The van der Waals surface area contributed by atoms with Crippen molar-refractivity contribution >= 4 is 17.6 Å². The zero-order valence-electron chi connectivity index (χ0n) is 16.5. The smallest absolute Gasteiger partial charge is 0.417 e. The van der Waals surface area contributed by atoms with Gasteiger partial charge < -0.3 is 24.2 Å². The number of carboxylic acids is 1. The van der Waals surface area contributed by atoms with Crippen LogP contribution in [0.25, 0.3) is 0 Å². The lowest BCUT2D eigenvalue weighted by atomic mass is 9.98. The molecule has 0 saturated heterocycles. The van der Waals surface area contributed by atoms with Crippen LogP contribution in [0.5, 0.6) is 17.2 Å².